The maximum absolute atomic E-state index is 13.1. The van der Waals surface area contributed by atoms with Crippen LogP contribution in [-0.2, 0) is 4.79 Å². The summed E-state index contributed by atoms with van der Waals surface area (Å²) in [5.41, 5.74) is 15.8. The van der Waals surface area contributed by atoms with Gasteiger partial charge in [-0.2, -0.15) is 0 Å². The normalized spacial score (nSPS) is 35.3. The zero-order chi connectivity index (χ0) is 37.9. The Hall–Kier alpha value is -2.69. The number of benzene rings is 2. The van der Waals surface area contributed by atoms with E-state index in [0.717, 1.165) is 54.6 Å². The van der Waals surface area contributed by atoms with Crippen molar-refractivity contribution in [1.82, 2.24) is 0 Å². The number of rotatable bonds is 14. The van der Waals surface area contributed by atoms with Crippen LogP contribution in [0.25, 0.3) is 0 Å². The summed E-state index contributed by atoms with van der Waals surface area (Å²) >= 11 is 0. The largest absolute Gasteiger partial charge is 0.488 e. The third-order valence-corrected chi connectivity index (χ3v) is 16.7. The highest BCUT2D eigenvalue weighted by Gasteiger charge is 2.60. The SMILES string of the molecule is CCCCCCCC1CCC(c2ccc(OC(=O)CC[C@@H](C)[C@H]3CC[C@H]4[C@@H]5CCC6CC(Oc7ccc(N)cc7N)CC[C@]6(C)[C@H]5CC[C@]34C)cc2)CC1. The van der Waals surface area contributed by atoms with Crippen molar-refractivity contribution in [2.75, 3.05) is 11.5 Å². The third kappa shape index (κ3) is 8.51. The predicted octanol–water partition coefficient (Wildman–Crippen LogP) is 12.9. The van der Waals surface area contributed by atoms with E-state index in [-0.39, 0.29) is 12.1 Å². The Labute approximate surface area is 328 Å². The molecule has 5 saturated carbocycles. The van der Waals surface area contributed by atoms with E-state index in [4.69, 9.17) is 20.9 Å². The molecule has 0 amide bonds. The predicted molar refractivity (Wildman–Crippen MR) is 223 cm³/mol. The maximum atomic E-state index is 13.1. The highest BCUT2D eigenvalue weighted by molar-refractivity contribution is 5.72. The molecule has 0 aliphatic heterocycles. The third-order valence-electron chi connectivity index (χ3n) is 16.7. The molecule has 54 heavy (non-hydrogen) atoms. The molecule has 5 fully saturated rings. The van der Waals surface area contributed by atoms with Crippen LogP contribution >= 0.6 is 0 Å². The molecule has 7 rings (SSSR count). The van der Waals surface area contributed by atoms with Gasteiger partial charge < -0.3 is 20.9 Å². The van der Waals surface area contributed by atoms with E-state index >= 15 is 0 Å². The lowest BCUT2D eigenvalue weighted by molar-refractivity contribution is -0.135. The van der Waals surface area contributed by atoms with Crippen LogP contribution in [0.1, 0.15) is 174 Å². The fourth-order valence-corrected chi connectivity index (χ4v) is 13.5. The Balaban J connectivity index is 0.858. The van der Waals surface area contributed by atoms with Gasteiger partial charge >= 0.3 is 5.97 Å². The van der Waals surface area contributed by atoms with Crippen LogP contribution in [0, 0.1) is 52.3 Å². The van der Waals surface area contributed by atoms with Crippen molar-refractivity contribution >= 4 is 17.3 Å². The number of unbranched alkanes of at least 4 members (excludes halogenated alkanes) is 4. The van der Waals surface area contributed by atoms with Crippen LogP contribution < -0.4 is 20.9 Å². The van der Waals surface area contributed by atoms with E-state index in [2.05, 4.69) is 39.8 Å². The van der Waals surface area contributed by atoms with Gasteiger partial charge in [-0.15, -0.1) is 0 Å². The maximum Gasteiger partial charge on any atom is 0.311 e. The average molecular weight is 739 g/mol. The van der Waals surface area contributed by atoms with Gasteiger partial charge in [0.1, 0.15) is 11.5 Å². The van der Waals surface area contributed by atoms with E-state index in [9.17, 15) is 4.79 Å². The van der Waals surface area contributed by atoms with E-state index in [1.807, 2.05) is 30.3 Å². The second-order valence-corrected chi connectivity index (χ2v) is 19.7. The summed E-state index contributed by atoms with van der Waals surface area (Å²) in [6.45, 7) is 10.0. The van der Waals surface area contributed by atoms with Gasteiger partial charge in [0, 0.05) is 12.1 Å². The molecule has 5 aliphatic carbocycles. The molecular weight excluding hydrogens is 665 g/mol. The molecule has 9 atom stereocenters. The van der Waals surface area contributed by atoms with E-state index in [1.54, 1.807) is 0 Å². The summed E-state index contributed by atoms with van der Waals surface area (Å²) in [6.07, 6.45) is 27.0. The Morgan fingerprint density at radius 3 is 2.31 bits per heavy atom. The lowest BCUT2D eigenvalue weighted by Crippen LogP contribution is -2.54. The fraction of sp³-hybridized carbons (Fsp3) is 0.735. The summed E-state index contributed by atoms with van der Waals surface area (Å²) in [4.78, 5) is 13.1. The minimum Gasteiger partial charge on any atom is -0.488 e. The van der Waals surface area contributed by atoms with Gasteiger partial charge in [0.15, 0.2) is 0 Å². The summed E-state index contributed by atoms with van der Waals surface area (Å²) in [5, 5.41) is 0. The molecular formula is C49H74N2O3. The number of hydrogen-bond acceptors (Lipinski definition) is 5. The molecule has 0 saturated heterocycles. The molecule has 0 heterocycles. The number of esters is 1. The average Bonchev–Trinajstić information content (AvgIpc) is 3.53. The number of nitrogens with two attached hydrogens (primary N) is 2. The molecule has 5 nitrogen and oxygen atoms in total. The monoisotopic (exact) mass is 739 g/mol. The first-order chi connectivity index (χ1) is 26.1. The van der Waals surface area contributed by atoms with E-state index in [0.29, 0.717) is 52.1 Å². The van der Waals surface area contributed by atoms with Gasteiger partial charge in [0.2, 0.25) is 0 Å². The Kier molecular flexibility index (Phi) is 12.6. The lowest BCUT2D eigenvalue weighted by Gasteiger charge is -2.61. The molecule has 5 heteroatoms. The second-order valence-electron chi connectivity index (χ2n) is 19.7. The summed E-state index contributed by atoms with van der Waals surface area (Å²) in [7, 11) is 0. The fourth-order valence-electron chi connectivity index (χ4n) is 13.5. The first kappa shape index (κ1) is 39.5. The standard InChI is InChI=1S/C49H74N2O3/c1-5-6-7-8-9-10-34-12-14-35(15-13-34)36-16-20-39(21-17-36)54-47(52)26-11-33(2)42-23-24-43-41-22-18-37-31-40(53-46-25-19-38(50)32-45(46)51)27-29-48(37,3)44(41)28-30-49(42,43)4/h16-17,19-21,25,32-35,37,40-44H,5-15,18,22-24,26-31,50-51H2,1-4H3/t33-,34?,35?,37?,40?,41+,42-,43+,44+,48+,49-/m1/s1. The van der Waals surface area contributed by atoms with Crippen molar-refractivity contribution in [2.24, 2.45) is 52.3 Å². The highest BCUT2D eigenvalue weighted by atomic mass is 16.5. The minimum atomic E-state index is -0.0673. The molecule has 4 N–H and O–H groups in total. The first-order valence-electron chi connectivity index (χ1n) is 22.7. The van der Waals surface area contributed by atoms with Gasteiger partial charge in [-0.25, -0.2) is 0 Å². The molecule has 2 unspecified atom stereocenters. The molecule has 0 bridgehead atoms. The van der Waals surface area contributed by atoms with Gasteiger partial charge in [0.05, 0.1) is 11.8 Å². The molecule has 0 aromatic heterocycles. The van der Waals surface area contributed by atoms with Crippen molar-refractivity contribution in [3.8, 4) is 11.5 Å². The number of carbonyl (C=O) groups is 1. The molecule has 2 aromatic carbocycles. The number of anilines is 2. The van der Waals surface area contributed by atoms with Gasteiger partial charge in [-0.05, 0) is 184 Å². The minimum absolute atomic E-state index is 0.0673. The van der Waals surface area contributed by atoms with Gasteiger partial charge in [0.25, 0.3) is 0 Å². The lowest BCUT2D eigenvalue weighted by atomic mass is 9.44. The number of fused-ring (bicyclic) bond motifs is 5. The smallest absolute Gasteiger partial charge is 0.311 e. The van der Waals surface area contributed by atoms with Crippen molar-refractivity contribution in [1.29, 1.82) is 0 Å². The van der Waals surface area contributed by atoms with Gasteiger partial charge in [-0.3, -0.25) is 4.79 Å². The quantitative estimate of drug-likeness (QED) is 0.0872. The van der Waals surface area contributed by atoms with E-state index < -0.39 is 0 Å². The van der Waals surface area contributed by atoms with Crippen LogP contribution in [-0.4, -0.2) is 12.1 Å². The van der Waals surface area contributed by atoms with Crippen LogP contribution in [0.2, 0.25) is 0 Å². The second kappa shape index (κ2) is 17.2. The Morgan fingerprint density at radius 1 is 0.815 bits per heavy atom. The zero-order valence-corrected chi connectivity index (χ0v) is 34.5. The molecule has 5 aliphatic rings. The molecule has 0 spiro atoms. The Morgan fingerprint density at radius 2 is 1.56 bits per heavy atom. The topological polar surface area (TPSA) is 87.6 Å². The highest BCUT2D eigenvalue weighted by Crippen LogP contribution is 2.68. The van der Waals surface area contributed by atoms with Crippen LogP contribution in [0.5, 0.6) is 11.5 Å². The number of carbonyl (C=O) groups excluding carboxylic acids is 1. The summed E-state index contributed by atoms with van der Waals surface area (Å²) in [6, 6.07) is 14.2. The van der Waals surface area contributed by atoms with Crippen LogP contribution in [0.15, 0.2) is 42.5 Å². The van der Waals surface area contributed by atoms with E-state index in [1.165, 1.54) is 115 Å². The zero-order valence-electron chi connectivity index (χ0n) is 34.5. The first-order valence-corrected chi connectivity index (χ1v) is 22.7. The molecule has 2 aromatic rings. The summed E-state index contributed by atoms with van der Waals surface area (Å²) in [5.74, 6) is 7.48. The van der Waals surface area contributed by atoms with Crippen LogP contribution in [0.4, 0.5) is 11.4 Å². The molecule has 0 radical (unpaired) electrons. The number of hydrogen-bond donors (Lipinski definition) is 2. The molecule has 298 valence electrons. The van der Waals surface area contributed by atoms with Crippen LogP contribution in [0.3, 0.4) is 0 Å². The number of ether oxygens (including phenoxy) is 2. The van der Waals surface area contributed by atoms with Gasteiger partial charge in [-0.1, -0.05) is 78.4 Å². The Bertz CT molecular complexity index is 1530. The van der Waals surface area contributed by atoms with Crippen molar-refractivity contribution in [3.63, 3.8) is 0 Å². The van der Waals surface area contributed by atoms with Crippen molar-refractivity contribution in [3.05, 3.63) is 48.0 Å². The number of nitrogen functional groups attached to an aromatic ring is 2. The summed E-state index contributed by atoms with van der Waals surface area (Å²) < 4.78 is 12.4. The van der Waals surface area contributed by atoms with Crippen molar-refractivity contribution < 1.29 is 14.3 Å². The van der Waals surface area contributed by atoms with Crippen molar-refractivity contribution in [2.45, 2.75) is 175 Å².